The van der Waals surface area contributed by atoms with Gasteiger partial charge in [-0.2, -0.15) is 4.98 Å². The maximum Gasteiger partial charge on any atom is 0.319 e. The molecule has 11 nitrogen and oxygen atoms in total. The second-order valence-corrected chi connectivity index (χ2v) is 7.48. The first-order chi connectivity index (χ1) is 16.0. The third-order valence-corrected chi connectivity index (χ3v) is 5.14. The molecule has 4 rings (SSSR count). The van der Waals surface area contributed by atoms with Gasteiger partial charge in [-0.25, -0.2) is 14.8 Å². The van der Waals surface area contributed by atoms with Crippen LogP contribution in [-0.4, -0.2) is 71.0 Å². The molecule has 11 heteroatoms. The van der Waals surface area contributed by atoms with Crippen LogP contribution in [0.1, 0.15) is 13.8 Å². The van der Waals surface area contributed by atoms with Gasteiger partial charge in [-0.05, 0) is 19.1 Å². The lowest BCUT2D eigenvalue weighted by atomic mass is 10.1. The van der Waals surface area contributed by atoms with Crippen LogP contribution < -0.4 is 15.5 Å². The second kappa shape index (κ2) is 10.3. The van der Waals surface area contributed by atoms with Gasteiger partial charge in [-0.1, -0.05) is 12.1 Å². The summed E-state index contributed by atoms with van der Waals surface area (Å²) in [6.45, 7) is 7.08. The number of esters is 1. The lowest BCUT2D eigenvalue weighted by Gasteiger charge is -2.27. The predicted octanol–water partition coefficient (Wildman–Crippen LogP) is 2.03. The number of anilines is 2. The average Bonchev–Trinajstić information content (AvgIpc) is 3.22. The maximum absolute atomic E-state index is 11.8. The van der Waals surface area contributed by atoms with E-state index >= 15 is 0 Å². The minimum atomic E-state index is -0.329. The fourth-order valence-corrected chi connectivity index (χ4v) is 3.54. The number of urea groups is 1. The molecule has 3 aromatic rings. The minimum absolute atomic E-state index is 0.229. The van der Waals surface area contributed by atoms with Crippen molar-refractivity contribution in [3.63, 3.8) is 0 Å². The van der Waals surface area contributed by atoms with E-state index in [1.54, 1.807) is 6.33 Å². The number of nitrogens with one attached hydrogen (secondary N) is 2. The van der Waals surface area contributed by atoms with E-state index in [1.807, 2.05) is 35.8 Å². The molecule has 1 fully saturated rings. The van der Waals surface area contributed by atoms with Gasteiger partial charge in [0.25, 0.3) is 0 Å². The third-order valence-electron chi connectivity index (χ3n) is 5.14. The smallest absolute Gasteiger partial charge is 0.319 e. The summed E-state index contributed by atoms with van der Waals surface area (Å²) >= 11 is 0. The lowest BCUT2D eigenvalue weighted by molar-refractivity contribution is -0.141. The highest BCUT2D eigenvalue weighted by molar-refractivity contribution is 5.91. The molecule has 1 aromatic carbocycles. The zero-order valence-electron chi connectivity index (χ0n) is 18.7. The molecule has 2 N–H and O–H groups in total. The number of carbonyl (C=O) groups is 2. The molecule has 0 radical (unpaired) electrons. The summed E-state index contributed by atoms with van der Waals surface area (Å²) in [7, 11) is 0. The van der Waals surface area contributed by atoms with Crippen LogP contribution in [0.3, 0.4) is 0 Å². The van der Waals surface area contributed by atoms with Crippen molar-refractivity contribution < 1.29 is 19.1 Å². The van der Waals surface area contributed by atoms with E-state index in [9.17, 15) is 9.59 Å². The number of morpholine rings is 1. The minimum Gasteiger partial charge on any atom is -0.464 e. The van der Waals surface area contributed by atoms with Crippen molar-refractivity contribution in [1.82, 2.24) is 24.8 Å². The van der Waals surface area contributed by atoms with E-state index in [4.69, 9.17) is 19.4 Å². The fraction of sp³-hybridized carbons (Fsp3) is 0.409. The SMILES string of the molecule is CCNC(=O)Nc1ccc(-c2nc(N3CCOCC3)nc3c2ncn3CCOC(C)=O)cc1. The summed E-state index contributed by atoms with van der Waals surface area (Å²) in [5.74, 6) is 0.268. The quantitative estimate of drug-likeness (QED) is 0.521. The van der Waals surface area contributed by atoms with E-state index in [0.717, 1.165) is 5.56 Å². The maximum atomic E-state index is 11.8. The normalized spacial score (nSPS) is 13.7. The van der Waals surface area contributed by atoms with Crippen LogP contribution in [0, 0.1) is 0 Å². The van der Waals surface area contributed by atoms with Crippen LogP contribution in [0.15, 0.2) is 30.6 Å². The first-order valence-corrected chi connectivity index (χ1v) is 10.9. The number of imidazole rings is 1. The summed E-state index contributed by atoms with van der Waals surface area (Å²) in [6.07, 6.45) is 1.68. The van der Waals surface area contributed by atoms with Gasteiger partial charge in [-0.15, -0.1) is 0 Å². The van der Waals surface area contributed by atoms with Crippen LogP contribution in [-0.2, 0) is 20.8 Å². The van der Waals surface area contributed by atoms with Crippen molar-refractivity contribution in [2.45, 2.75) is 20.4 Å². The third kappa shape index (κ3) is 5.37. The van der Waals surface area contributed by atoms with Crippen LogP contribution in [0.2, 0.25) is 0 Å². The number of aromatic nitrogens is 4. The Labute approximate surface area is 191 Å². The number of hydrogen-bond donors (Lipinski definition) is 2. The van der Waals surface area contributed by atoms with Crippen LogP contribution in [0.5, 0.6) is 0 Å². The highest BCUT2D eigenvalue weighted by Gasteiger charge is 2.20. The van der Waals surface area contributed by atoms with Crippen LogP contribution >= 0.6 is 0 Å². The van der Waals surface area contributed by atoms with Crippen LogP contribution in [0.4, 0.5) is 16.4 Å². The molecule has 1 aliphatic heterocycles. The average molecular weight is 454 g/mol. The molecule has 3 heterocycles. The van der Waals surface area contributed by atoms with Gasteiger partial charge in [-0.3, -0.25) is 4.79 Å². The van der Waals surface area contributed by atoms with Gasteiger partial charge in [0, 0.05) is 37.8 Å². The number of rotatable bonds is 7. The number of ether oxygens (including phenoxy) is 2. The van der Waals surface area contributed by atoms with E-state index < -0.39 is 0 Å². The zero-order chi connectivity index (χ0) is 23.2. The largest absolute Gasteiger partial charge is 0.464 e. The number of nitrogens with zero attached hydrogens (tertiary/aromatic N) is 5. The van der Waals surface area contributed by atoms with Gasteiger partial charge in [0.1, 0.15) is 17.8 Å². The first-order valence-electron chi connectivity index (χ1n) is 10.9. The fourth-order valence-electron chi connectivity index (χ4n) is 3.54. The van der Waals surface area contributed by atoms with Gasteiger partial charge in [0.2, 0.25) is 5.95 Å². The van der Waals surface area contributed by atoms with Crippen molar-refractivity contribution in [1.29, 1.82) is 0 Å². The molecule has 2 amide bonds. The molecular weight excluding hydrogens is 426 g/mol. The highest BCUT2D eigenvalue weighted by atomic mass is 16.5. The molecule has 174 valence electrons. The summed E-state index contributed by atoms with van der Waals surface area (Å²) in [5, 5.41) is 5.50. The Balaban J connectivity index is 1.69. The first kappa shape index (κ1) is 22.5. The number of carbonyl (C=O) groups excluding carboxylic acids is 2. The molecule has 33 heavy (non-hydrogen) atoms. The summed E-state index contributed by atoms with van der Waals surface area (Å²) < 4.78 is 12.4. The molecule has 1 aliphatic rings. The monoisotopic (exact) mass is 453 g/mol. The number of hydrogen-bond acceptors (Lipinski definition) is 8. The summed E-state index contributed by atoms with van der Waals surface area (Å²) in [6, 6.07) is 7.18. The van der Waals surface area contributed by atoms with Gasteiger partial charge < -0.3 is 29.6 Å². The van der Waals surface area contributed by atoms with E-state index in [2.05, 4.69) is 20.5 Å². The predicted molar refractivity (Wildman–Crippen MR) is 123 cm³/mol. The van der Waals surface area contributed by atoms with Crippen molar-refractivity contribution in [2.75, 3.05) is 49.7 Å². The summed E-state index contributed by atoms with van der Waals surface area (Å²) in [5.41, 5.74) is 3.54. The van der Waals surface area contributed by atoms with Crippen molar-refractivity contribution >= 4 is 34.8 Å². The Morgan fingerprint density at radius 1 is 1.15 bits per heavy atom. The van der Waals surface area contributed by atoms with Crippen molar-refractivity contribution in [2.24, 2.45) is 0 Å². The Morgan fingerprint density at radius 3 is 2.61 bits per heavy atom. The highest BCUT2D eigenvalue weighted by Crippen LogP contribution is 2.29. The Hall–Kier alpha value is -3.73. The Kier molecular flexibility index (Phi) is 6.98. The van der Waals surface area contributed by atoms with E-state index in [1.165, 1.54) is 6.92 Å². The van der Waals surface area contributed by atoms with Crippen molar-refractivity contribution in [3.8, 4) is 11.3 Å². The molecule has 2 aromatic heterocycles. The van der Waals surface area contributed by atoms with E-state index in [0.29, 0.717) is 67.9 Å². The Morgan fingerprint density at radius 2 is 1.91 bits per heavy atom. The second-order valence-electron chi connectivity index (χ2n) is 7.48. The molecule has 0 atom stereocenters. The topological polar surface area (TPSA) is 124 Å². The van der Waals surface area contributed by atoms with Crippen LogP contribution in [0.25, 0.3) is 22.4 Å². The standard InChI is InChI=1S/C22H27N7O4/c1-3-23-22(31)25-17-6-4-16(5-7-17)18-19-20(29(14-24-19)10-13-33-15(2)30)27-21(26-18)28-8-11-32-12-9-28/h4-7,14H,3,8-13H2,1-2H3,(H2,23,25,31). The molecule has 0 saturated carbocycles. The van der Waals surface area contributed by atoms with Gasteiger partial charge in [0.05, 0.1) is 26.1 Å². The number of fused-ring (bicyclic) bond motifs is 1. The van der Waals surface area contributed by atoms with Crippen molar-refractivity contribution in [3.05, 3.63) is 30.6 Å². The summed E-state index contributed by atoms with van der Waals surface area (Å²) in [4.78, 5) is 39.2. The molecule has 0 unspecified atom stereocenters. The zero-order valence-corrected chi connectivity index (χ0v) is 18.7. The van der Waals surface area contributed by atoms with Gasteiger partial charge >= 0.3 is 12.0 Å². The van der Waals surface area contributed by atoms with E-state index in [-0.39, 0.29) is 18.6 Å². The molecule has 0 bridgehead atoms. The molecule has 0 spiro atoms. The lowest BCUT2D eigenvalue weighted by Crippen LogP contribution is -2.37. The molecule has 1 saturated heterocycles. The number of amides is 2. The number of benzene rings is 1. The molecular formula is C22H27N7O4. The molecule has 0 aliphatic carbocycles. The van der Waals surface area contributed by atoms with Gasteiger partial charge in [0.15, 0.2) is 5.65 Å². The Bertz CT molecular complexity index is 1120.